The Balaban J connectivity index is 1.84. The largest absolute Gasteiger partial charge is 0.339 e. The van der Waals surface area contributed by atoms with Crippen LogP contribution in [0.3, 0.4) is 0 Å². The minimum Gasteiger partial charge on any atom is -0.339 e. The lowest BCUT2D eigenvalue weighted by molar-refractivity contribution is 0.585. The van der Waals surface area contributed by atoms with Crippen LogP contribution in [0, 0.1) is 23.0 Å². The molecular weight excluding hydrogens is 410 g/mol. The molecule has 0 spiro atoms. The third-order valence-corrected chi connectivity index (χ3v) is 5.19. The van der Waals surface area contributed by atoms with Gasteiger partial charge in [-0.15, -0.1) is 0 Å². The highest BCUT2D eigenvalue weighted by molar-refractivity contribution is 5.91. The van der Waals surface area contributed by atoms with Gasteiger partial charge in [0.05, 0.1) is 22.9 Å². The molecule has 5 aromatic rings. The molecule has 0 bridgehead atoms. The average Bonchev–Trinajstić information content (AvgIpc) is 3.20. The molecule has 0 unspecified atom stereocenters. The Hall–Kier alpha value is -4.57. The molecule has 2 aromatic heterocycles. The highest BCUT2D eigenvalue weighted by Gasteiger charge is 2.22. The number of nitriles is 1. The van der Waals surface area contributed by atoms with E-state index in [0.717, 1.165) is 6.07 Å². The standard InChI is InChI=1S/C25H14F2N4O/c26-18-10-11-19(20(27)12-18)23-24(17-4-2-1-3-5-17)30-31-22(32)13-21(29-25(23)31)16-8-6-15(14-28)7-9-16/h1-13,29H. The average molecular weight is 424 g/mol. The highest BCUT2D eigenvalue weighted by Crippen LogP contribution is 2.36. The number of H-pyrrole nitrogens is 1. The van der Waals surface area contributed by atoms with Gasteiger partial charge in [0.15, 0.2) is 0 Å². The van der Waals surface area contributed by atoms with Crippen LogP contribution in [0.15, 0.2) is 83.7 Å². The zero-order valence-corrected chi connectivity index (χ0v) is 16.5. The van der Waals surface area contributed by atoms with Crippen molar-refractivity contribution in [2.24, 2.45) is 0 Å². The fraction of sp³-hybridized carbons (Fsp3) is 0. The first-order valence-electron chi connectivity index (χ1n) is 9.72. The van der Waals surface area contributed by atoms with Crippen LogP contribution < -0.4 is 5.56 Å². The molecule has 32 heavy (non-hydrogen) atoms. The van der Waals surface area contributed by atoms with E-state index in [1.165, 1.54) is 22.7 Å². The highest BCUT2D eigenvalue weighted by atomic mass is 19.1. The fourth-order valence-electron chi connectivity index (χ4n) is 3.67. The first-order valence-corrected chi connectivity index (χ1v) is 9.72. The Morgan fingerprint density at radius 1 is 0.906 bits per heavy atom. The Kier molecular flexibility index (Phi) is 4.61. The maximum absolute atomic E-state index is 14.8. The van der Waals surface area contributed by atoms with Crippen LogP contribution >= 0.6 is 0 Å². The van der Waals surface area contributed by atoms with Crippen LogP contribution in [-0.4, -0.2) is 14.6 Å². The zero-order chi connectivity index (χ0) is 22.2. The number of nitrogens with one attached hydrogen (secondary N) is 1. The third-order valence-electron chi connectivity index (χ3n) is 5.19. The molecule has 0 aliphatic carbocycles. The number of aromatic amines is 1. The van der Waals surface area contributed by atoms with E-state index in [-0.39, 0.29) is 11.2 Å². The first-order chi connectivity index (χ1) is 15.5. The third kappa shape index (κ3) is 3.24. The summed E-state index contributed by atoms with van der Waals surface area (Å²) in [4.78, 5) is 16.1. The molecule has 2 heterocycles. The van der Waals surface area contributed by atoms with E-state index in [2.05, 4.69) is 16.2 Å². The van der Waals surface area contributed by atoms with Crippen molar-refractivity contribution < 1.29 is 8.78 Å². The second-order valence-electron chi connectivity index (χ2n) is 7.18. The molecule has 3 aromatic carbocycles. The smallest absolute Gasteiger partial charge is 0.274 e. The number of hydrogen-bond acceptors (Lipinski definition) is 3. The second kappa shape index (κ2) is 7.60. The summed E-state index contributed by atoms with van der Waals surface area (Å²) in [6.45, 7) is 0. The summed E-state index contributed by atoms with van der Waals surface area (Å²) in [7, 11) is 0. The van der Waals surface area contributed by atoms with Crippen molar-refractivity contribution in [2.45, 2.75) is 0 Å². The predicted octanol–water partition coefficient (Wildman–Crippen LogP) is 5.17. The summed E-state index contributed by atoms with van der Waals surface area (Å²) in [6.07, 6.45) is 0. The van der Waals surface area contributed by atoms with Gasteiger partial charge in [0, 0.05) is 23.3 Å². The van der Waals surface area contributed by atoms with Crippen LogP contribution in [0.4, 0.5) is 8.78 Å². The number of rotatable bonds is 3. The number of nitrogens with zero attached hydrogens (tertiary/aromatic N) is 3. The Morgan fingerprint density at radius 3 is 2.34 bits per heavy atom. The van der Waals surface area contributed by atoms with E-state index < -0.39 is 17.2 Å². The fourth-order valence-corrected chi connectivity index (χ4v) is 3.67. The van der Waals surface area contributed by atoms with E-state index in [4.69, 9.17) is 5.26 Å². The van der Waals surface area contributed by atoms with E-state index in [1.807, 2.05) is 18.2 Å². The van der Waals surface area contributed by atoms with Gasteiger partial charge in [-0.25, -0.2) is 8.78 Å². The zero-order valence-electron chi connectivity index (χ0n) is 16.5. The van der Waals surface area contributed by atoms with Crippen LogP contribution in [0.1, 0.15) is 5.56 Å². The van der Waals surface area contributed by atoms with Crippen molar-refractivity contribution in [1.29, 1.82) is 5.26 Å². The van der Waals surface area contributed by atoms with Gasteiger partial charge in [0.2, 0.25) is 0 Å². The normalized spacial score (nSPS) is 10.9. The number of aromatic nitrogens is 3. The number of fused-ring (bicyclic) bond motifs is 1. The van der Waals surface area contributed by atoms with Crippen LogP contribution in [-0.2, 0) is 0 Å². The molecular formula is C25H14F2N4O. The molecule has 0 amide bonds. The molecule has 5 rings (SSSR count). The summed E-state index contributed by atoms with van der Waals surface area (Å²) in [5.74, 6) is -1.46. The van der Waals surface area contributed by atoms with Crippen molar-refractivity contribution in [2.75, 3.05) is 0 Å². The van der Waals surface area contributed by atoms with E-state index in [9.17, 15) is 13.6 Å². The molecule has 1 N–H and O–H groups in total. The summed E-state index contributed by atoms with van der Waals surface area (Å²) in [5, 5.41) is 13.5. The summed E-state index contributed by atoms with van der Waals surface area (Å²) >= 11 is 0. The minimum absolute atomic E-state index is 0.118. The lowest BCUT2D eigenvalue weighted by Crippen LogP contribution is -2.14. The van der Waals surface area contributed by atoms with Gasteiger partial charge in [0.25, 0.3) is 5.56 Å². The van der Waals surface area contributed by atoms with Gasteiger partial charge in [-0.2, -0.15) is 14.9 Å². The molecule has 0 radical (unpaired) electrons. The first kappa shape index (κ1) is 19.4. The molecule has 0 atom stereocenters. The van der Waals surface area contributed by atoms with Crippen molar-refractivity contribution in [1.82, 2.24) is 14.6 Å². The minimum atomic E-state index is -0.762. The van der Waals surface area contributed by atoms with Gasteiger partial charge < -0.3 is 4.98 Å². The number of halogens is 2. The molecule has 154 valence electrons. The van der Waals surface area contributed by atoms with Gasteiger partial charge >= 0.3 is 0 Å². The van der Waals surface area contributed by atoms with Crippen molar-refractivity contribution in [3.63, 3.8) is 0 Å². The Labute approximate surface area is 180 Å². The van der Waals surface area contributed by atoms with Crippen LogP contribution in [0.25, 0.3) is 39.3 Å². The number of benzene rings is 3. The molecule has 0 aliphatic heterocycles. The van der Waals surface area contributed by atoms with Gasteiger partial charge in [0.1, 0.15) is 23.0 Å². The van der Waals surface area contributed by atoms with Gasteiger partial charge in [-0.1, -0.05) is 42.5 Å². The second-order valence-corrected chi connectivity index (χ2v) is 7.18. The monoisotopic (exact) mass is 424 g/mol. The Morgan fingerprint density at radius 2 is 1.66 bits per heavy atom. The van der Waals surface area contributed by atoms with Gasteiger partial charge in [-0.05, 0) is 29.8 Å². The van der Waals surface area contributed by atoms with Crippen molar-refractivity contribution in [3.8, 4) is 39.7 Å². The number of hydrogen-bond donors (Lipinski definition) is 1. The predicted molar refractivity (Wildman–Crippen MR) is 117 cm³/mol. The SMILES string of the molecule is N#Cc1ccc(-c2cc(=O)n3nc(-c4ccccc4)c(-c4ccc(F)cc4F)c3[nH]2)cc1. The van der Waals surface area contributed by atoms with Crippen molar-refractivity contribution >= 4 is 5.65 Å². The molecule has 0 saturated heterocycles. The van der Waals surface area contributed by atoms with Crippen LogP contribution in [0.2, 0.25) is 0 Å². The maximum atomic E-state index is 14.8. The van der Waals surface area contributed by atoms with Crippen LogP contribution in [0.5, 0.6) is 0 Å². The molecule has 0 aliphatic rings. The quantitative estimate of drug-likeness (QED) is 0.434. The molecule has 5 nitrogen and oxygen atoms in total. The molecule has 0 saturated carbocycles. The summed E-state index contributed by atoms with van der Waals surface area (Å²) in [6, 6.07) is 22.5. The van der Waals surface area contributed by atoms with E-state index >= 15 is 0 Å². The van der Waals surface area contributed by atoms with E-state index in [0.29, 0.717) is 33.6 Å². The summed E-state index contributed by atoms with van der Waals surface area (Å²) < 4.78 is 29.6. The van der Waals surface area contributed by atoms with Gasteiger partial charge in [-0.3, -0.25) is 4.79 Å². The Bertz CT molecular complexity index is 1560. The topological polar surface area (TPSA) is 73.9 Å². The van der Waals surface area contributed by atoms with E-state index in [1.54, 1.807) is 36.4 Å². The molecule has 0 fully saturated rings. The van der Waals surface area contributed by atoms with Crippen molar-refractivity contribution in [3.05, 3.63) is 106 Å². The maximum Gasteiger partial charge on any atom is 0.274 e. The lowest BCUT2D eigenvalue weighted by Gasteiger charge is -2.07. The molecule has 7 heteroatoms. The summed E-state index contributed by atoms with van der Waals surface area (Å²) in [5.41, 5.74) is 3.05. The lowest BCUT2D eigenvalue weighted by atomic mass is 10.0.